The van der Waals surface area contributed by atoms with Crippen molar-refractivity contribution >= 4 is 17.4 Å². The molecular formula is C18H23ClFNO. The Morgan fingerprint density at radius 1 is 1.32 bits per heavy atom. The molecule has 2 nitrogen and oxygen atoms in total. The SMILES string of the molecule is CCCCN1C2CC(CC(=O)c3ccc(F)c(Cl)c3)CC1C2. The van der Waals surface area contributed by atoms with Crippen molar-refractivity contribution in [1.29, 1.82) is 0 Å². The summed E-state index contributed by atoms with van der Waals surface area (Å²) >= 11 is 5.76. The fourth-order valence-electron chi connectivity index (χ4n) is 4.00. The van der Waals surface area contributed by atoms with Gasteiger partial charge in [0.15, 0.2) is 5.78 Å². The molecule has 1 aromatic rings. The van der Waals surface area contributed by atoms with Crippen LogP contribution < -0.4 is 0 Å². The van der Waals surface area contributed by atoms with E-state index in [1.807, 2.05) is 0 Å². The summed E-state index contributed by atoms with van der Waals surface area (Å²) < 4.78 is 13.2. The number of carbonyl (C=O) groups is 1. The molecule has 1 saturated carbocycles. The first-order valence-electron chi connectivity index (χ1n) is 8.32. The molecule has 2 unspecified atom stereocenters. The summed E-state index contributed by atoms with van der Waals surface area (Å²) in [6, 6.07) is 5.64. The second kappa shape index (κ2) is 6.67. The van der Waals surface area contributed by atoms with E-state index in [-0.39, 0.29) is 10.8 Å². The lowest BCUT2D eigenvalue weighted by Gasteiger charge is -2.55. The Labute approximate surface area is 136 Å². The highest BCUT2D eigenvalue weighted by Crippen LogP contribution is 2.42. The second-order valence-corrected chi connectivity index (χ2v) is 7.14. The van der Waals surface area contributed by atoms with Gasteiger partial charge in [0.25, 0.3) is 0 Å². The monoisotopic (exact) mass is 323 g/mol. The number of hydrogen-bond donors (Lipinski definition) is 0. The summed E-state index contributed by atoms with van der Waals surface area (Å²) in [6.07, 6.45) is 6.63. The highest BCUT2D eigenvalue weighted by atomic mass is 35.5. The number of halogens is 2. The first kappa shape index (κ1) is 15.9. The van der Waals surface area contributed by atoms with Crippen molar-refractivity contribution in [2.75, 3.05) is 6.54 Å². The lowest BCUT2D eigenvalue weighted by atomic mass is 9.71. The molecule has 2 heterocycles. The first-order chi connectivity index (χ1) is 10.6. The van der Waals surface area contributed by atoms with Crippen LogP contribution in [-0.2, 0) is 0 Å². The average Bonchev–Trinajstić information content (AvgIpc) is 2.50. The van der Waals surface area contributed by atoms with E-state index in [0.29, 0.717) is 30.0 Å². The van der Waals surface area contributed by atoms with Crippen molar-refractivity contribution in [3.63, 3.8) is 0 Å². The highest BCUT2D eigenvalue weighted by Gasteiger charge is 2.44. The minimum absolute atomic E-state index is 0.0306. The van der Waals surface area contributed by atoms with Gasteiger partial charge in [-0.05, 0) is 56.3 Å². The van der Waals surface area contributed by atoms with Crippen LogP contribution >= 0.6 is 11.6 Å². The molecule has 22 heavy (non-hydrogen) atoms. The van der Waals surface area contributed by atoms with E-state index >= 15 is 0 Å². The Kier molecular flexibility index (Phi) is 4.84. The molecule has 4 heteroatoms. The number of Topliss-reactive ketones (excluding diaryl/α,β-unsaturated/α-hetero) is 1. The van der Waals surface area contributed by atoms with Crippen molar-refractivity contribution in [2.45, 2.75) is 57.5 Å². The Balaban J connectivity index is 1.55. The Morgan fingerprint density at radius 2 is 2.05 bits per heavy atom. The minimum atomic E-state index is -0.469. The largest absolute Gasteiger partial charge is 0.297 e. The maximum absolute atomic E-state index is 13.2. The van der Waals surface area contributed by atoms with Crippen LogP contribution in [0.3, 0.4) is 0 Å². The normalized spacial score (nSPS) is 27.5. The number of fused-ring (bicyclic) bond motifs is 2. The van der Waals surface area contributed by atoms with Gasteiger partial charge >= 0.3 is 0 Å². The molecule has 0 N–H and O–H groups in total. The topological polar surface area (TPSA) is 20.3 Å². The van der Waals surface area contributed by atoms with Crippen LogP contribution in [0.4, 0.5) is 4.39 Å². The number of hydrogen-bond acceptors (Lipinski definition) is 2. The van der Waals surface area contributed by atoms with Gasteiger partial charge in [0.1, 0.15) is 5.82 Å². The molecule has 2 bridgehead atoms. The quantitative estimate of drug-likeness (QED) is 0.707. The van der Waals surface area contributed by atoms with E-state index in [1.54, 1.807) is 6.07 Å². The molecule has 1 aliphatic carbocycles. The number of nitrogens with zero attached hydrogens (tertiary/aromatic N) is 1. The number of piperidine rings is 1. The third-order valence-electron chi connectivity index (χ3n) is 5.18. The van der Waals surface area contributed by atoms with Gasteiger partial charge in [-0.2, -0.15) is 0 Å². The van der Waals surface area contributed by atoms with Crippen LogP contribution in [0.25, 0.3) is 0 Å². The van der Waals surface area contributed by atoms with E-state index in [2.05, 4.69) is 11.8 Å². The fraction of sp³-hybridized carbons (Fsp3) is 0.611. The standard InChI is InChI=1S/C18H23ClFNO/c1-2-3-6-21-14-7-12(8-15(21)11-14)9-18(22)13-4-5-17(20)16(19)10-13/h4-5,10,12,14-15H,2-3,6-9,11H2,1H3. The molecule has 0 radical (unpaired) electrons. The van der Waals surface area contributed by atoms with E-state index in [0.717, 1.165) is 12.8 Å². The molecule has 1 aromatic carbocycles. The van der Waals surface area contributed by atoms with Gasteiger partial charge in [-0.1, -0.05) is 24.9 Å². The van der Waals surface area contributed by atoms with Gasteiger partial charge in [-0.15, -0.1) is 0 Å². The molecule has 2 saturated heterocycles. The van der Waals surface area contributed by atoms with E-state index in [4.69, 9.17) is 11.6 Å². The number of ketones is 1. The summed E-state index contributed by atoms with van der Waals surface area (Å²) in [4.78, 5) is 15.0. The summed E-state index contributed by atoms with van der Waals surface area (Å²) in [5, 5.41) is 0.0306. The molecule has 3 aliphatic rings. The van der Waals surface area contributed by atoms with Crippen LogP contribution in [0.1, 0.15) is 55.8 Å². The van der Waals surface area contributed by atoms with Crippen molar-refractivity contribution in [2.24, 2.45) is 5.92 Å². The van der Waals surface area contributed by atoms with E-state index in [9.17, 15) is 9.18 Å². The van der Waals surface area contributed by atoms with Crippen LogP contribution in [0.2, 0.25) is 5.02 Å². The maximum Gasteiger partial charge on any atom is 0.163 e. The van der Waals surface area contributed by atoms with Crippen LogP contribution in [0.15, 0.2) is 18.2 Å². The zero-order valence-electron chi connectivity index (χ0n) is 13.0. The zero-order chi connectivity index (χ0) is 15.7. The molecule has 3 fully saturated rings. The van der Waals surface area contributed by atoms with Gasteiger partial charge in [0.2, 0.25) is 0 Å². The zero-order valence-corrected chi connectivity index (χ0v) is 13.8. The van der Waals surface area contributed by atoms with Crippen molar-refractivity contribution in [1.82, 2.24) is 4.90 Å². The highest BCUT2D eigenvalue weighted by molar-refractivity contribution is 6.31. The van der Waals surface area contributed by atoms with Gasteiger partial charge in [0.05, 0.1) is 5.02 Å². The number of unbranched alkanes of at least 4 members (excludes halogenated alkanes) is 1. The summed E-state index contributed by atoms with van der Waals surface area (Å²) in [6.45, 7) is 3.44. The van der Waals surface area contributed by atoms with Gasteiger partial charge in [-0.25, -0.2) is 4.39 Å². The molecule has 2 atom stereocenters. The molecule has 120 valence electrons. The van der Waals surface area contributed by atoms with Gasteiger partial charge < -0.3 is 0 Å². The number of benzene rings is 1. The predicted octanol–water partition coefficient (Wildman–Crippen LogP) is 4.70. The van der Waals surface area contributed by atoms with E-state index in [1.165, 1.54) is 37.9 Å². The third kappa shape index (κ3) is 3.21. The average molecular weight is 324 g/mol. The first-order valence-corrected chi connectivity index (χ1v) is 8.70. The lowest BCUT2D eigenvalue weighted by molar-refractivity contribution is -0.0520. The third-order valence-corrected chi connectivity index (χ3v) is 5.47. The van der Waals surface area contributed by atoms with Crippen molar-refractivity contribution in [3.05, 3.63) is 34.6 Å². The Morgan fingerprint density at radius 3 is 2.68 bits per heavy atom. The fourth-order valence-corrected chi connectivity index (χ4v) is 4.18. The predicted molar refractivity (Wildman–Crippen MR) is 86.9 cm³/mol. The van der Waals surface area contributed by atoms with Gasteiger partial charge in [-0.3, -0.25) is 9.69 Å². The van der Waals surface area contributed by atoms with E-state index < -0.39 is 5.82 Å². The summed E-state index contributed by atoms with van der Waals surface area (Å²) in [5.74, 6) is 0.0926. The molecular weight excluding hydrogens is 301 g/mol. The molecule has 4 rings (SSSR count). The van der Waals surface area contributed by atoms with Crippen LogP contribution in [0.5, 0.6) is 0 Å². The van der Waals surface area contributed by atoms with Crippen molar-refractivity contribution < 1.29 is 9.18 Å². The summed E-state index contributed by atoms with van der Waals surface area (Å²) in [7, 11) is 0. The molecule has 2 aliphatic heterocycles. The number of carbonyl (C=O) groups excluding carboxylic acids is 1. The molecule has 0 amide bonds. The smallest absolute Gasteiger partial charge is 0.163 e. The number of rotatable bonds is 6. The van der Waals surface area contributed by atoms with Crippen LogP contribution in [-0.4, -0.2) is 29.3 Å². The van der Waals surface area contributed by atoms with Crippen molar-refractivity contribution in [3.8, 4) is 0 Å². The van der Waals surface area contributed by atoms with Crippen LogP contribution in [0, 0.1) is 11.7 Å². The van der Waals surface area contributed by atoms with Gasteiger partial charge in [0, 0.05) is 24.1 Å². The summed E-state index contributed by atoms with van der Waals surface area (Å²) in [5.41, 5.74) is 0.536. The maximum atomic E-state index is 13.2. The Bertz CT molecular complexity index is 550. The minimum Gasteiger partial charge on any atom is -0.297 e. The Hall–Kier alpha value is -0.930. The molecule has 0 spiro atoms. The molecule has 0 aromatic heterocycles. The lowest BCUT2D eigenvalue weighted by Crippen LogP contribution is -2.60. The second-order valence-electron chi connectivity index (χ2n) is 6.73.